The van der Waals surface area contributed by atoms with Crippen molar-refractivity contribution in [2.24, 2.45) is 5.92 Å². The molecule has 0 saturated carbocycles. The number of carbonyl (C=O) groups excluding carboxylic acids is 1. The van der Waals surface area contributed by atoms with Gasteiger partial charge >= 0.3 is 0 Å². The van der Waals surface area contributed by atoms with Crippen LogP contribution in [0.1, 0.15) is 25.3 Å². The summed E-state index contributed by atoms with van der Waals surface area (Å²) in [5.74, 6) is 0.499. The third kappa shape index (κ3) is 5.84. The van der Waals surface area contributed by atoms with Crippen LogP contribution in [0, 0.1) is 11.1 Å². The van der Waals surface area contributed by atoms with Gasteiger partial charge < -0.3 is 15.2 Å². The normalized spacial score (nSPS) is 26.2. The average molecular weight is 489 g/mol. The molecule has 3 heterocycles. The molecule has 0 spiro atoms. The highest BCUT2D eigenvalue weighted by molar-refractivity contribution is 9.10. The van der Waals surface area contributed by atoms with Crippen molar-refractivity contribution in [2.45, 2.75) is 32.4 Å². The molecule has 0 aromatic heterocycles. The van der Waals surface area contributed by atoms with Gasteiger partial charge in [-0.1, -0.05) is 34.1 Å². The van der Waals surface area contributed by atoms with Gasteiger partial charge in [0.05, 0.1) is 6.20 Å². The van der Waals surface area contributed by atoms with Crippen LogP contribution < -0.4 is 5.06 Å². The van der Waals surface area contributed by atoms with Crippen molar-refractivity contribution >= 4 is 21.8 Å². The molecule has 168 valence electrons. The highest BCUT2D eigenvalue weighted by atomic mass is 79.9. The second-order valence-corrected chi connectivity index (χ2v) is 9.86. The molecule has 6 nitrogen and oxygen atoms in total. The van der Waals surface area contributed by atoms with E-state index in [-0.39, 0.29) is 17.0 Å². The third-order valence-electron chi connectivity index (χ3n) is 6.75. The summed E-state index contributed by atoms with van der Waals surface area (Å²) in [6.45, 7) is 9.18. The van der Waals surface area contributed by atoms with Gasteiger partial charge in [-0.15, -0.1) is 0 Å². The number of carbonyl (C=O) groups is 1. The molecule has 1 N–H and O–H groups in total. The molecule has 1 aromatic carbocycles. The summed E-state index contributed by atoms with van der Waals surface area (Å²) in [5.41, 5.74) is 2.52. The van der Waals surface area contributed by atoms with Crippen LogP contribution in [-0.2, 0) is 11.3 Å². The third-order valence-corrected chi connectivity index (χ3v) is 7.53. The minimum absolute atomic E-state index is 0.0132. The lowest BCUT2D eigenvalue weighted by atomic mass is 9.94. The molecule has 2 atom stereocenters. The summed E-state index contributed by atoms with van der Waals surface area (Å²) in [4.78, 5) is 20.0. The number of hydrogen-bond donors (Lipinski definition) is 1. The molecule has 7 heteroatoms. The first kappa shape index (κ1) is 22.7. The van der Waals surface area contributed by atoms with Gasteiger partial charge in [0.25, 0.3) is 0 Å². The number of nitrogens with zero attached hydrogens (tertiary/aromatic N) is 3. The van der Waals surface area contributed by atoms with Crippen molar-refractivity contribution in [3.8, 4) is 0 Å². The Balaban J connectivity index is 1.20. The van der Waals surface area contributed by atoms with E-state index < -0.39 is 0 Å². The second-order valence-electron chi connectivity index (χ2n) is 9.01. The number of piperidine rings is 1. The quantitative estimate of drug-likeness (QED) is 0.644. The Morgan fingerprint density at radius 1 is 1.06 bits per heavy atom. The maximum absolute atomic E-state index is 13.1. The van der Waals surface area contributed by atoms with Gasteiger partial charge in [0.2, 0.25) is 5.91 Å². The maximum atomic E-state index is 13.1. The molecule has 3 aliphatic heterocycles. The first-order valence-corrected chi connectivity index (χ1v) is 12.2. The van der Waals surface area contributed by atoms with E-state index in [1.807, 2.05) is 19.1 Å². The standard InChI is InChI=1S/C24H33BrN4O2/c1-19-16-20(6-11-29(19)31)17-26-9-7-21(8-10-26)24(30)28-14-12-27(13-15-28)18-22-4-2-3-5-23(22)25/h2-6,11,16,19,21,29H,7-10,12-15,17-18H2,1H3. The molecule has 31 heavy (non-hydrogen) atoms. The molecular weight excluding hydrogens is 456 g/mol. The first-order valence-electron chi connectivity index (χ1n) is 11.4. The minimum atomic E-state index is -0.0132. The van der Waals surface area contributed by atoms with E-state index in [4.69, 9.17) is 0 Å². The number of hydrogen-bond acceptors (Lipinski definition) is 4. The Hall–Kier alpha value is -1.51. The van der Waals surface area contributed by atoms with Crippen molar-refractivity contribution in [1.82, 2.24) is 14.7 Å². The SMILES string of the molecule is CC1C=C(CN2CCC(C(=O)N3CCN(Cc4ccccc4Br)CC3)CC2)C=C[NH+]1[O-]. The van der Waals surface area contributed by atoms with Crippen LogP contribution in [0.2, 0.25) is 0 Å². The Morgan fingerprint density at radius 2 is 1.74 bits per heavy atom. The highest BCUT2D eigenvalue weighted by Crippen LogP contribution is 2.23. The van der Waals surface area contributed by atoms with E-state index in [2.05, 4.69) is 54.9 Å². The Morgan fingerprint density at radius 3 is 2.42 bits per heavy atom. The van der Waals surface area contributed by atoms with Crippen LogP contribution in [0.4, 0.5) is 0 Å². The van der Waals surface area contributed by atoms with E-state index in [1.165, 1.54) is 11.1 Å². The summed E-state index contributed by atoms with van der Waals surface area (Å²) < 4.78 is 1.15. The highest BCUT2D eigenvalue weighted by Gasteiger charge is 2.30. The predicted molar refractivity (Wildman–Crippen MR) is 126 cm³/mol. The Kier molecular flexibility index (Phi) is 7.61. The molecule has 2 fully saturated rings. The van der Waals surface area contributed by atoms with Crippen LogP contribution in [0.3, 0.4) is 0 Å². The van der Waals surface area contributed by atoms with E-state index >= 15 is 0 Å². The molecule has 1 amide bonds. The Bertz CT molecular complexity index is 827. The van der Waals surface area contributed by atoms with Crippen LogP contribution in [0.15, 0.2) is 52.7 Å². The van der Waals surface area contributed by atoms with E-state index in [0.717, 1.165) is 69.7 Å². The van der Waals surface area contributed by atoms with Gasteiger partial charge in [-0.3, -0.25) is 14.6 Å². The van der Waals surface area contributed by atoms with Crippen LogP contribution in [0.25, 0.3) is 0 Å². The van der Waals surface area contributed by atoms with Crippen molar-refractivity contribution in [3.63, 3.8) is 0 Å². The molecular formula is C24H33BrN4O2. The number of halogens is 1. The lowest BCUT2D eigenvalue weighted by Gasteiger charge is -2.39. The van der Waals surface area contributed by atoms with Gasteiger partial charge in [0.1, 0.15) is 6.04 Å². The van der Waals surface area contributed by atoms with E-state index in [1.54, 1.807) is 6.20 Å². The van der Waals surface area contributed by atoms with Gasteiger partial charge in [-0.25, -0.2) is 0 Å². The number of amides is 1. The number of piperazine rings is 1. The molecule has 0 bridgehead atoms. The zero-order valence-electron chi connectivity index (χ0n) is 18.3. The molecule has 2 saturated heterocycles. The zero-order chi connectivity index (χ0) is 21.8. The number of likely N-dealkylation sites (tertiary alicyclic amines) is 1. The summed E-state index contributed by atoms with van der Waals surface area (Å²) in [6.07, 6.45) is 7.59. The number of hydroxylamine groups is 2. The van der Waals surface area contributed by atoms with Gasteiger partial charge in [-0.2, -0.15) is 0 Å². The van der Waals surface area contributed by atoms with Crippen molar-refractivity contribution in [3.05, 3.63) is 63.4 Å². The summed E-state index contributed by atoms with van der Waals surface area (Å²) in [5, 5.41) is 11.8. The fraction of sp³-hybridized carbons (Fsp3) is 0.542. The summed E-state index contributed by atoms with van der Waals surface area (Å²) in [7, 11) is 0. The van der Waals surface area contributed by atoms with Crippen LogP contribution in [0.5, 0.6) is 0 Å². The van der Waals surface area contributed by atoms with Gasteiger partial charge in [0.15, 0.2) is 0 Å². The molecule has 4 rings (SSSR count). The molecule has 0 radical (unpaired) electrons. The first-order chi connectivity index (χ1) is 15.0. The van der Waals surface area contributed by atoms with Crippen molar-refractivity contribution < 1.29 is 9.86 Å². The summed E-state index contributed by atoms with van der Waals surface area (Å²) >= 11 is 3.63. The van der Waals surface area contributed by atoms with Crippen molar-refractivity contribution in [1.29, 1.82) is 0 Å². The summed E-state index contributed by atoms with van der Waals surface area (Å²) in [6, 6.07) is 8.35. The molecule has 2 unspecified atom stereocenters. The van der Waals surface area contributed by atoms with Gasteiger partial charge in [-0.05, 0) is 62.2 Å². The van der Waals surface area contributed by atoms with Crippen LogP contribution >= 0.6 is 15.9 Å². The number of quaternary nitrogens is 1. The Labute approximate surface area is 193 Å². The predicted octanol–water partition coefficient (Wildman–Crippen LogP) is 2.03. The number of nitrogens with one attached hydrogen (secondary N) is 1. The number of rotatable bonds is 5. The largest absolute Gasteiger partial charge is 0.629 e. The smallest absolute Gasteiger partial charge is 0.225 e. The minimum Gasteiger partial charge on any atom is -0.629 e. The van der Waals surface area contributed by atoms with Crippen LogP contribution in [-0.4, -0.2) is 72.5 Å². The van der Waals surface area contributed by atoms with E-state index in [9.17, 15) is 10.0 Å². The topological polar surface area (TPSA) is 54.3 Å². The second kappa shape index (κ2) is 10.4. The molecule has 3 aliphatic rings. The number of benzene rings is 1. The lowest BCUT2D eigenvalue weighted by molar-refractivity contribution is -0.811. The lowest BCUT2D eigenvalue weighted by Crippen LogP contribution is -3.06. The van der Waals surface area contributed by atoms with Crippen molar-refractivity contribution in [2.75, 3.05) is 45.8 Å². The fourth-order valence-corrected chi connectivity index (χ4v) is 5.16. The zero-order valence-corrected chi connectivity index (χ0v) is 19.9. The van der Waals surface area contributed by atoms with E-state index in [0.29, 0.717) is 5.91 Å². The molecule has 0 aliphatic carbocycles. The average Bonchev–Trinajstić information content (AvgIpc) is 2.78. The molecule has 1 aromatic rings. The van der Waals surface area contributed by atoms with Gasteiger partial charge in [0, 0.05) is 49.7 Å². The fourth-order valence-electron chi connectivity index (χ4n) is 4.75. The maximum Gasteiger partial charge on any atom is 0.225 e. The monoisotopic (exact) mass is 488 g/mol.